The number of amides is 2. The van der Waals surface area contributed by atoms with Crippen molar-refractivity contribution < 1.29 is 9.59 Å². The molecule has 2 aromatic rings. The summed E-state index contributed by atoms with van der Waals surface area (Å²) in [6, 6.07) is 14.0. The predicted molar refractivity (Wildman–Crippen MR) is 109 cm³/mol. The van der Waals surface area contributed by atoms with Gasteiger partial charge in [0.2, 0.25) is 5.91 Å². The number of carbonyl (C=O) groups excluding carboxylic acids is 2. The Bertz CT molecular complexity index is 794. The normalized spacial score (nSPS) is 10.1. The van der Waals surface area contributed by atoms with Gasteiger partial charge in [-0.2, -0.15) is 0 Å². The van der Waals surface area contributed by atoms with Crippen LogP contribution >= 0.6 is 23.8 Å². The Labute approximate surface area is 163 Å². The fraction of sp³-hybridized carbons (Fsp3) is 0.211. The lowest BCUT2D eigenvalue weighted by Crippen LogP contribution is -2.35. The second kappa shape index (κ2) is 9.89. The fourth-order valence-corrected chi connectivity index (χ4v) is 2.56. The van der Waals surface area contributed by atoms with E-state index in [1.165, 1.54) is 0 Å². The second-order valence-corrected chi connectivity index (χ2v) is 6.49. The third-order valence-electron chi connectivity index (χ3n) is 3.45. The van der Waals surface area contributed by atoms with E-state index in [9.17, 15) is 9.59 Å². The van der Waals surface area contributed by atoms with Gasteiger partial charge in [-0.3, -0.25) is 9.59 Å². The van der Waals surface area contributed by atoms with E-state index in [-0.39, 0.29) is 23.3 Å². The molecule has 0 saturated carbocycles. The van der Waals surface area contributed by atoms with Crippen LogP contribution < -0.4 is 16.0 Å². The highest BCUT2D eigenvalue weighted by Crippen LogP contribution is 2.11. The number of thiocarbonyl (C=S) groups is 1. The molecule has 2 amide bonds. The molecule has 0 aliphatic rings. The minimum Gasteiger partial charge on any atom is -0.352 e. The molecule has 0 aliphatic carbocycles. The standard InChI is InChI=1S/C19H20ClN3O2S/c1-2-10-21-18(25)14-4-3-5-16(12-14)22-19(26)23-17(24)11-13-6-8-15(20)9-7-13/h3-9,12H,2,10-11H2,1H3,(H,21,25)(H2,22,23,24,26). The first-order valence-corrected chi connectivity index (χ1v) is 9.00. The Morgan fingerprint density at radius 1 is 1.12 bits per heavy atom. The maximum Gasteiger partial charge on any atom is 0.251 e. The van der Waals surface area contributed by atoms with Gasteiger partial charge in [-0.25, -0.2) is 0 Å². The number of carbonyl (C=O) groups is 2. The molecular weight excluding hydrogens is 370 g/mol. The van der Waals surface area contributed by atoms with Crippen molar-refractivity contribution in [1.29, 1.82) is 0 Å². The minimum absolute atomic E-state index is 0.145. The molecule has 0 radical (unpaired) electrons. The van der Waals surface area contributed by atoms with Crippen LogP contribution in [0.5, 0.6) is 0 Å². The van der Waals surface area contributed by atoms with Crippen molar-refractivity contribution in [3.63, 3.8) is 0 Å². The van der Waals surface area contributed by atoms with Gasteiger partial charge < -0.3 is 16.0 Å². The highest BCUT2D eigenvalue weighted by molar-refractivity contribution is 7.80. The lowest BCUT2D eigenvalue weighted by Gasteiger charge is -2.11. The van der Waals surface area contributed by atoms with E-state index in [2.05, 4.69) is 16.0 Å². The van der Waals surface area contributed by atoms with Crippen molar-refractivity contribution in [3.05, 3.63) is 64.7 Å². The van der Waals surface area contributed by atoms with Gasteiger partial charge in [-0.1, -0.05) is 36.7 Å². The quantitative estimate of drug-likeness (QED) is 0.661. The first-order valence-electron chi connectivity index (χ1n) is 8.21. The highest BCUT2D eigenvalue weighted by atomic mass is 35.5. The van der Waals surface area contributed by atoms with Crippen LogP contribution in [-0.2, 0) is 11.2 Å². The smallest absolute Gasteiger partial charge is 0.251 e. The molecule has 0 fully saturated rings. The summed E-state index contributed by atoms with van der Waals surface area (Å²) in [5, 5.41) is 9.15. The first kappa shape index (κ1) is 19.9. The molecule has 0 bridgehead atoms. The summed E-state index contributed by atoms with van der Waals surface area (Å²) in [6.45, 7) is 2.61. The van der Waals surface area contributed by atoms with Gasteiger partial charge in [0.15, 0.2) is 5.11 Å². The number of rotatable bonds is 6. The monoisotopic (exact) mass is 389 g/mol. The molecular formula is C19H20ClN3O2S. The van der Waals surface area contributed by atoms with Crippen molar-refractivity contribution in [2.45, 2.75) is 19.8 Å². The largest absolute Gasteiger partial charge is 0.352 e. The molecule has 0 saturated heterocycles. The molecule has 0 spiro atoms. The van der Waals surface area contributed by atoms with E-state index in [4.69, 9.17) is 23.8 Å². The van der Waals surface area contributed by atoms with Crippen LogP contribution in [0.4, 0.5) is 5.69 Å². The molecule has 0 aromatic heterocycles. The van der Waals surface area contributed by atoms with Crippen LogP contribution in [0, 0.1) is 0 Å². The molecule has 26 heavy (non-hydrogen) atoms. The molecule has 0 heterocycles. The number of halogens is 1. The summed E-state index contributed by atoms with van der Waals surface area (Å²) in [5.41, 5.74) is 1.99. The molecule has 0 atom stereocenters. The third kappa shape index (κ3) is 6.46. The Kier molecular flexibility index (Phi) is 7.56. The maximum atomic E-state index is 12.1. The zero-order chi connectivity index (χ0) is 18.9. The molecule has 0 aliphatic heterocycles. The van der Waals surface area contributed by atoms with Crippen molar-refractivity contribution in [1.82, 2.24) is 10.6 Å². The molecule has 2 rings (SSSR count). The Morgan fingerprint density at radius 2 is 1.85 bits per heavy atom. The average molecular weight is 390 g/mol. The summed E-state index contributed by atoms with van der Waals surface area (Å²) >= 11 is 11.0. The number of benzene rings is 2. The van der Waals surface area contributed by atoms with Crippen LogP contribution in [0.3, 0.4) is 0 Å². The summed E-state index contributed by atoms with van der Waals surface area (Å²) in [6.07, 6.45) is 1.06. The van der Waals surface area contributed by atoms with Crippen LogP contribution in [0.15, 0.2) is 48.5 Å². The minimum atomic E-state index is -0.235. The average Bonchev–Trinajstić information content (AvgIpc) is 2.61. The Balaban J connectivity index is 1.89. The molecule has 3 N–H and O–H groups in total. The molecule has 2 aromatic carbocycles. The van der Waals surface area contributed by atoms with Crippen LogP contribution in [0.1, 0.15) is 29.3 Å². The third-order valence-corrected chi connectivity index (χ3v) is 3.91. The number of hydrogen-bond acceptors (Lipinski definition) is 3. The van der Waals surface area contributed by atoms with E-state index in [1.807, 2.05) is 6.92 Å². The van der Waals surface area contributed by atoms with Gasteiger partial charge in [-0.15, -0.1) is 0 Å². The molecule has 7 heteroatoms. The van der Waals surface area contributed by atoms with Gasteiger partial charge in [0.25, 0.3) is 5.91 Å². The van der Waals surface area contributed by atoms with E-state index < -0.39 is 0 Å². The van der Waals surface area contributed by atoms with Gasteiger partial charge in [0.1, 0.15) is 0 Å². The Morgan fingerprint density at radius 3 is 2.54 bits per heavy atom. The SMILES string of the molecule is CCCNC(=O)c1cccc(NC(=S)NC(=O)Cc2ccc(Cl)cc2)c1. The second-order valence-electron chi connectivity index (χ2n) is 5.64. The van der Waals surface area contributed by atoms with Crippen molar-refractivity contribution in [2.75, 3.05) is 11.9 Å². The zero-order valence-corrected chi connectivity index (χ0v) is 15.9. The van der Waals surface area contributed by atoms with Crippen molar-refractivity contribution in [2.24, 2.45) is 0 Å². The van der Waals surface area contributed by atoms with E-state index in [0.29, 0.717) is 22.8 Å². The lowest BCUT2D eigenvalue weighted by atomic mass is 10.1. The summed E-state index contributed by atoms with van der Waals surface area (Å²) in [5.74, 6) is -0.380. The van der Waals surface area contributed by atoms with Crippen molar-refractivity contribution in [3.8, 4) is 0 Å². The molecule has 0 unspecified atom stereocenters. The molecule has 136 valence electrons. The Hall–Kier alpha value is -2.44. The highest BCUT2D eigenvalue weighted by Gasteiger charge is 2.08. The number of hydrogen-bond donors (Lipinski definition) is 3. The maximum absolute atomic E-state index is 12.1. The van der Waals surface area contributed by atoms with Gasteiger partial charge in [0, 0.05) is 22.8 Å². The van der Waals surface area contributed by atoms with E-state index in [0.717, 1.165) is 12.0 Å². The topological polar surface area (TPSA) is 70.2 Å². The van der Waals surface area contributed by atoms with E-state index in [1.54, 1.807) is 48.5 Å². The van der Waals surface area contributed by atoms with Crippen LogP contribution in [0.25, 0.3) is 0 Å². The van der Waals surface area contributed by atoms with Gasteiger partial charge in [-0.05, 0) is 54.5 Å². The van der Waals surface area contributed by atoms with Crippen molar-refractivity contribution >= 4 is 46.4 Å². The summed E-state index contributed by atoms with van der Waals surface area (Å²) in [7, 11) is 0. The van der Waals surface area contributed by atoms with E-state index >= 15 is 0 Å². The zero-order valence-electron chi connectivity index (χ0n) is 14.3. The number of anilines is 1. The summed E-state index contributed by atoms with van der Waals surface area (Å²) in [4.78, 5) is 24.1. The molecule has 5 nitrogen and oxygen atoms in total. The summed E-state index contributed by atoms with van der Waals surface area (Å²) < 4.78 is 0. The lowest BCUT2D eigenvalue weighted by molar-refractivity contribution is -0.119. The first-order chi connectivity index (χ1) is 12.5. The van der Waals surface area contributed by atoms with Gasteiger partial charge >= 0.3 is 0 Å². The fourth-order valence-electron chi connectivity index (χ4n) is 2.20. The van der Waals surface area contributed by atoms with Gasteiger partial charge in [0.05, 0.1) is 6.42 Å². The predicted octanol–water partition coefficient (Wildman–Crippen LogP) is 3.54. The van der Waals surface area contributed by atoms with Crippen LogP contribution in [0.2, 0.25) is 5.02 Å². The number of nitrogens with one attached hydrogen (secondary N) is 3. The van der Waals surface area contributed by atoms with Crippen LogP contribution in [-0.4, -0.2) is 23.5 Å².